The van der Waals surface area contributed by atoms with Gasteiger partial charge in [-0.2, -0.15) is 10.5 Å². The van der Waals surface area contributed by atoms with Gasteiger partial charge >= 0.3 is 0 Å². The highest BCUT2D eigenvalue weighted by Crippen LogP contribution is 2.17. The van der Waals surface area contributed by atoms with Crippen molar-refractivity contribution in [3.63, 3.8) is 0 Å². The monoisotopic (exact) mass is 308 g/mol. The topological polar surface area (TPSA) is 47.6 Å². The molecule has 1 aromatic rings. The van der Waals surface area contributed by atoms with Crippen LogP contribution in [-0.4, -0.2) is 6.71 Å². The van der Waals surface area contributed by atoms with E-state index in [2.05, 4.69) is 43.3 Å². The summed E-state index contributed by atoms with van der Waals surface area (Å²) in [5.74, 6) is 0. The first-order valence-corrected chi connectivity index (χ1v) is 9.05. The second-order valence-corrected chi connectivity index (χ2v) is 6.57. The zero-order valence-electron chi connectivity index (χ0n) is 14.6. The van der Waals surface area contributed by atoms with Crippen molar-refractivity contribution in [3.05, 3.63) is 35.4 Å². The van der Waals surface area contributed by atoms with Crippen LogP contribution >= 0.6 is 0 Å². The van der Waals surface area contributed by atoms with Gasteiger partial charge in [0.25, 0.3) is 0 Å². The SMILES string of the molecule is Cc1ccc(CB(CCCCCC#N)CCCCCC#N)cc1. The van der Waals surface area contributed by atoms with Crippen molar-refractivity contribution in [2.45, 2.75) is 77.3 Å². The lowest BCUT2D eigenvalue weighted by atomic mass is 9.40. The lowest BCUT2D eigenvalue weighted by Crippen LogP contribution is -2.16. The van der Waals surface area contributed by atoms with Crippen LogP contribution in [-0.2, 0) is 6.32 Å². The summed E-state index contributed by atoms with van der Waals surface area (Å²) in [6.45, 7) is 2.87. The minimum Gasteiger partial charge on any atom is -0.198 e. The Bertz CT molecular complexity index is 472. The molecule has 0 bridgehead atoms. The van der Waals surface area contributed by atoms with E-state index in [0.717, 1.165) is 25.9 Å². The predicted octanol–water partition coefficient (Wildman–Crippen LogP) is 5.74. The molecule has 0 aromatic heterocycles. The van der Waals surface area contributed by atoms with Gasteiger partial charge in [-0.05, 0) is 26.1 Å². The molecule has 0 radical (unpaired) electrons. The molecule has 1 rings (SSSR count). The molecule has 1 aromatic carbocycles. The molecule has 0 N–H and O–H groups in total. The summed E-state index contributed by atoms with van der Waals surface area (Å²) in [5, 5.41) is 17.2. The molecular weight excluding hydrogens is 279 g/mol. The molecule has 23 heavy (non-hydrogen) atoms. The van der Waals surface area contributed by atoms with Crippen molar-refractivity contribution in [2.24, 2.45) is 0 Å². The van der Waals surface area contributed by atoms with Crippen LogP contribution in [0.5, 0.6) is 0 Å². The molecule has 0 fully saturated rings. The van der Waals surface area contributed by atoms with Crippen LogP contribution in [0.25, 0.3) is 0 Å². The Morgan fingerprint density at radius 2 is 1.30 bits per heavy atom. The quantitative estimate of drug-likeness (QED) is 0.365. The van der Waals surface area contributed by atoms with Gasteiger partial charge < -0.3 is 0 Å². The maximum Gasteiger partial charge on any atom is 0.144 e. The number of nitrogens with zero attached hydrogens (tertiary/aromatic N) is 2. The zero-order valence-corrected chi connectivity index (χ0v) is 14.6. The van der Waals surface area contributed by atoms with E-state index in [1.165, 1.54) is 49.5 Å². The molecule has 2 nitrogen and oxygen atoms in total. The van der Waals surface area contributed by atoms with Gasteiger partial charge in [-0.3, -0.25) is 0 Å². The summed E-state index contributed by atoms with van der Waals surface area (Å²) in [4.78, 5) is 0. The highest BCUT2D eigenvalue weighted by molar-refractivity contribution is 6.58. The third-order valence-corrected chi connectivity index (χ3v) is 4.45. The van der Waals surface area contributed by atoms with Gasteiger partial charge in [0, 0.05) is 12.8 Å². The molecule has 3 heteroatoms. The molecule has 0 heterocycles. The van der Waals surface area contributed by atoms with Crippen molar-refractivity contribution in [1.29, 1.82) is 10.5 Å². The average molecular weight is 308 g/mol. The first-order chi connectivity index (χ1) is 11.3. The fourth-order valence-electron chi connectivity index (χ4n) is 3.03. The van der Waals surface area contributed by atoms with E-state index < -0.39 is 0 Å². The molecule has 0 saturated carbocycles. The maximum atomic E-state index is 8.61. The minimum absolute atomic E-state index is 0.691. The minimum atomic E-state index is 0.691. The third kappa shape index (κ3) is 9.80. The van der Waals surface area contributed by atoms with Gasteiger partial charge in [-0.25, -0.2) is 0 Å². The summed E-state index contributed by atoms with van der Waals surface area (Å²) in [6.07, 6.45) is 12.0. The summed E-state index contributed by atoms with van der Waals surface area (Å²) in [5.41, 5.74) is 2.76. The number of hydrogen-bond acceptors (Lipinski definition) is 2. The molecule has 0 aliphatic rings. The van der Waals surface area contributed by atoms with Crippen molar-refractivity contribution in [3.8, 4) is 12.1 Å². The summed E-state index contributed by atoms with van der Waals surface area (Å²) >= 11 is 0. The molecule has 0 aliphatic heterocycles. The molecule has 0 saturated heterocycles. The normalized spacial score (nSPS) is 10.0. The number of hydrogen-bond donors (Lipinski definition) is 0. The molecule has 0 unspecified atom stereocenters. The Hall–Kier alpha value is -1.74. The van der Waals surface area contributed by atoms with Gasteiger partial charge in [-0.15, -0.1) is 0 Å². The first-order valence-electron chi connectivity index (χ1n) is 9.05. The Kier molecular flexibility index (Phi) is 10.7. The summed E-state index contributed by atoms with van der Waals surface area (Å²) < 4.78 is 0. The number of unbranched alkanes of at least 4 members (excludes halogenated alkanes) is 6. The van der Waals surface area contributed by atoms with Gasteiger partial charge in [0.15, 0.2) is 0 Å². The van der Waals surface area contributed by atoms with E-state index in [9.17, 15) is 0 Å². The molecule has 0 aliphatic carbocycles. The van der Waals surface area contributed by atoms with E-state index in [1.54, 1.807) is 0 Å². The maximum absolute atomic E-state index is 8.61. The fourth-order valence-corrected chi connectivity index (χ4v) is 3.03. The molecular formula is C20H29BN2. The van der Waals surface area contributed by atoms with E-state index >= 15 is 0 Å². The Morgan fingerprint density at radius 1 is 0.783 bits per heavy atom. The van der Waals surface area contributed by atoms with Crippen LogP contribution < -0.4 is 0 Å². The smallest absolute Gasteiger partial charge is 0.144 e. The second kappa shape index (κ2) is 12.8. The number of nitriles is 2. The first kappa shape index (κ1) is 19.3. The van der Waals surface area contributed by atoms with Crippen LogP contribution in [0.1, 0.15) is 62.5 Å². The second-order valence-electron chi connectivity index (χ2n) is 6.57. The highest BCUT2D eigenvalue weighted by atomic mass is 14.2. The van der Waals surface area contributed by atoms with Gasteiger partial charge in [0.1, 0.15) is 6.71 Å². The standard InChI is InChI=1S/C20H29BN2/c1-19-10-12-20(13-11-19)18-21(14-6-2-4-8-16-22)15-7-3-5-9-17-23/h10-13H,2-9,14-15,18H2,1H3. The van der Waals surface area contributed by atoms with Crippen LogP contribution in [0, 0.1) is 29.6 Å². The van der Waals surface area contributed by atoms with Crippen LogP contribution in [0.15, 0.2) is 24.3 Å². The number of rotatable bonds is 12. The van der Waals surface area contributed by atoms with E-state index in [0.29, 0.717) is 12.8 Å². The lowest BCUT2D eigenvalue weighted by Gasteiger charge is -2.14. The average Bonchev–Trinajstić information content (AvgIpc) is 2.56. The lowest BCUT2D eigenvalue weighted by molar-refractivity contribution is 0.711. The van der Waals surface area contributed by atoms with Crippen molar-refractivity contribution >= 4 is 6.71 Å². The number of benzene rings is 1. The van der Waals surface area contributed by atoms with E-state index in [4.69, 9.17) is 10.5 Å². The Morgan fingerprint density at radius 3 is 1.78 bits per heavy atom. The van der Waals surface area contributed by atoms with E-state index in [1.807, 2.05) is 0 Å². The Labute approximate surface area is 142 Å². The fraction of sp³-hybridized carbons (Fsp3) is 0.600. The van der Waals surface area contributed by atoms with Gasteiger partial charge in [0.2, 0.25) is 0 Å². The predicted molar refractivity (Wildman–Crippen MR) is 98.4 cm³/mol. The van der Waals surface area contributed by atoms with Crippen LogP contribution in [0.3, 0.4) is 0 Å². The molecule has 0 spiro atoms. The highest BCUT2D eigenvalue weighted by Gasteiger charge is 2.13. The van der Waals surface area contributed by atoms with Crippen LogP contribution in [0.2, 0.25) is 12.6 Å². The summed E-state index contributed by atoms with van der Waals surface area (Å²) in [6, 6.07) is 13.4. The third-order valence-electron chi connectivity index (χ3n) is 4.45. The van der Waals surface area contributed by atoms with Gasteiger partial charge in [0.05, 0.1) is 12.1 Å². The van der Waals surface area contributed by atoms with Crippen molar-refractivity contribution in [2.75, 3.05) is 0 Å². The molecule has 122 valence electrons. The van der Waals surface area contributed by atoms with Crippen LogP contribution in [0.4, 0.5) is 0 Å². The van der Waals surface area contributed by atoms with Crippen molar-refractivity contribution in [1.82, 2.24) is 0 Å². The largest absolute Gasteiger partial charge is 0.198 e. The zero-order chi connectivity index (χ0) is 16.8. The number of aryl methyl sites for hydroxylation is 1. The molecule has 0 atom stereocenters. The van der Waals surface area contributed by atoms with E-state index in [-0.39, 0.29) is 0 Å². The molecule has 0 amide bonds. The Balaban J connectivity index is 2.38. The van der Waals surface area contributed by atoms with Gasteiger partial charge in [-0.1, -0.05) is 73.7 Å². The summed E-state index contributed by atoms with van der Waals surface area (Å²) in [7, 11) is 0. The van der Waals surface area contributed by atoms with Crippen molar-refractivity contribution < 1.29 is 0 Å².